The summed E-state index contributed by atoms with van der Waals surface area (Å²) in [5.74, 6) is 6.24. The van der Waals surface area contributed by atoms with Crippen LogP contribution in [0.5, 0.6) is 0 Å². The van der Waals surface area contributed by atoms with Crippen LogP contribution in [0.4, 0.5) is 0 Å². The topological polar surface area (TPSA) is 53.8 Å². The van der Waals surface area contributed by atoms with E-state index in [4.69, 9.17) is 5.26 Å². The lowest BCUT2D eigenvalue weighted by molar-refractivity contribution is -0.109. The minimum atomic E-state index is 0.0587. The van der Waals surface area contributed by atoms with Gasteiger partial charge < -0.3 is 0 Å². The lowest BCUT2D eigenvalue weighted by Gasteiger charge is -1.95. The van der Waals surface area contributed by atoms with E-state index in [2.05, 4.69) is 16.8 Å². The maximum absolute atomic E-state index is 10.6. The first-order valence-electron chi connectivity index (χ1n) is 4.62. The third-order valence-electron chi connectivity index (χ3n) is 1.76. The van der Waals surface area contributed by atoms with Crippen LogP contribution in [0.15, 0.2) is 12.3 Å². The zero-order valence-corrected chi connectivity index (χ0v) is 9.89. The van der Waals surface area contributed by atoms with E-state index < -0.39 is 0 Å². The summed E-state index contributed by atoms with van der Waals surface area (Å²) in [6.45, 7) is 3.33. The molecule has 80 valence electrons. The largest absolute Gasteiger partial charge is 0.288 e. The molecule has 4 heteroatoms. The molecule has 1 aromatic heterocycles. The van der Waals surface area contributed by atoms with Gasteiger partial charge in [0.05, 0.1) is 5.75 Å². The molecule has 0 atom stereocenters. The highest BCUT2D eigenvalue weighted by Crippen LogP contribution is 2.05. The summed E-state index contributed by atoms with van der Waals surface area (Å²) in [4.78, 5) is 14.6. The molecule has 0 unspecified atom stereocenters. The molecule has 0 spiro atoms. The fourth-order valence-corrected chi connectivity index (χ4v) is 1.38. The zero-order valence-electron chi connectivity index (χ0n) is 9.07. The third kappa shape index (κ3) is 3.76. The van der Waals surface area contributed by atoms with Crippen LogP contribution < -0.4 is 0 Å². The molecule has 1 heterocycles. The average molecular weight is 230 g/mol. The summed E-state index contributed by atoms with van der Waals surface area (Å²) in [6, 6.07) is 3.81. The Morgan fingerprint density at radius 3 is 2.94 bits per heavy atom. The number of pyridine rings is 1. The molecule has 0 aliphatic rings. The molecule has 0 aromatic carbocycles. The van der Waals surface area contributed by atoms with Crippen molar-refractivity contribution in [3.63, 3.8) is 0 Å². The number of aromatic nitrogens is 1. The Hall–Kier alpha value is -1.78. The summed E-state index contributed by atoms with van der Waals surface area (Å²) < 4.78 is 0. The van der Waals surface area contributed by atoms with Crippen molar-refractivity contribution in [3.05, 3.63) is 29.1 Å². The van der Waals surface area contributed by atoms with E-state index in [1.807, 2.05) is 19.1 Å². The molecular weight excluding hydrogens is 220 g/mol. The lowest BCUT2D eigenvalue weighted by Crippen LogP contribution is -1.89. The quantitative estimate of drug-likeness (QED) is 0.691. The highest BCUT2D eigenvalue weighted by molar-refractivity contribution is 8.13. The van der Waals surface area contributed by atoms with Gasteiger partial charge in [-0.25, -0.2) is 4.98 Å². The minimum Gasteiger partial charge on any atom is -0.288 e. The predicted molar refractivity (Wildman–Crippen MR) is 63.7 cm³/mol. The Balaban J connectivity index is 2.72. The number of rotatable bonds is 1. The van der Waals surface area contributed by atoms with Crippen LogP contribution in [0.2, 0.25) is 0 Å². The Morgan fingerprint density at radius 2 is 2.38 bits per heavy atom. The zero-order chi connectivity index (χ0) is 12.0. The maximum Gasteiger partial charge on any atom is 0.186 e. The second-order valence-corrected chi connectivity index (χ2v) is 4.24. The second kappa shape index (κ2) is 5.95. The van der Waals surface area contributed by atoms with Gasteiger partial charge in [0.2, 0.25) is 0 Å². The van der Waals surface area contributed by atoms with Crippen LogP contribution in [0.25, 0.3) is 0 Å². The van der Waals surface area contributed by atoms with Gasteiger partial charge in [-0.2, -0.15) is 5.26 Å². The van der Waals surface area contributed by atoms with E-state index in [1.54, 1.807) is 6.20 Å². The summed E-state index contributed by atoms with van der Waals surface area (Å²) >= 11 is 1.18. The first kappa shape index (κ1) is 12.3. The van der Waals surface area contributed by atoms with Crippen LogP contribution in [-0.4, -0.2) is 15.9 Å². The van der Waals surface area contributed by atoms with E-state index in [9.17, 15) is 4.79 Å². The highest BCUT2D eigenvalue weighted by Gasteiger charge is 1.98. The van der Waals surface area contributed by atoms with Gasteiger partial charge in [0, 0.05) is 18.7 Å². The number of thioether (sulfide) groups is 1. The molecule has 0 bridgehead atoms. The fraction of sp³-hybridized carbons (Fsp3) is 0.250. The molecule has 0 N–H and O–H groups in total. The molecule has 0 saturated carbocycles. The molecule has 0 saturated heterocycles. The Labute approximate surface area is 98.9 Å². The molecular formula is C12H10N2OS. The van der Waals surface area contributed by atoms with Crippen molar-refractivity contribution in [3.8, 4) is 17.9 Å². The van der Waals surface area contributed by atoms with Gasteiger partial charge in [-0.3, -0.25) is 4.79 Å². The Bertz CT molecular complexity index is 506. The van der Waals surface area contributed by atoms with Crippen LogP contribution >= 0.6 is 11.8 Å². The smallest absolute Gasteiger partial charge is 0.186 e. The molecule has 0 fully saturated rings. The molecule has 0 aliphatic heterocycles. The fourth-order valence-electron chi connectivity index (χ4n) is 1.04. The van der Waals surface area contributed by atoms with Crippen LogP contribution in [0.1, 0.15) is 23.7 Å². The van der Waals surface area contributed by atoms with Crippen molar-refractivity contribution in [2.75, 3.05) is 5.75 Å². The Kier molecular flexibility index (Phi) is 4.57. The number of hydrogen-bond donors (Lipinski definition) is 0. The molecule has 16 heavy (non-hydrogen) atoms. The van der Waals surface area contributed by atoms with Gasteiger partial charge >= 0.3 is 0 Å². The summed E-state index contributed by atoms with van der Waals surface area (Å²) in [5.41, 5.74) is 2.00. The van der Waals surface area contributed by atoms with Crippen molar-refractivity contribution in [2.45, 2.75) is 13.8 Å². The summed E-state index contributed by atoms with van der Waals surface area (Å²) in [5, 5.41) is 8.75. The SMILES string of the molecule is CC(=O)SCC#Cc1cnc(C#N)c(C)c1. The van der Waals surface area contributed by atoms with Crippen molar-refractivity contribution < 1.29 is 4.79 Å². The first-order valence-corrected chi connectivity index (χ1v) is 5.61. The number of carbonyl (C=O) groups excluding carboxylic acids is 1. The van der Waals surface area contributed by atoms with Crippen molar-refractivity contribution in [1.29, 1.82) is 5.26 Å². The third-order valence-corrected chi connectivity index (χ3v) is 2.46. The Morgan fingerprint density at radius 1 is 1.62 bits per heavy atom. The standard InChI is InChI=1S/C12H10N2OS/c1-9-6-11(8-14-12(9)7-13)4-3-5-16-10(2)15/h6,8H,5H2,1-2H3. The minimum absolute atomic E-state index is 0.0587. The van der Waals surface area contributed by atoms with Crippen LogP contribution in [0.3, 0.4) is 0 Å². The van der Waals surface area contributed by atoms with Crippen molar-refractivity contribution >= 4 is 16.9 Å². The molecule has 0 radical (unpaired) electrons. The van der Waals surface area contributed by atoms with E-state index in [-0.39, 0.29) is 5.12 Å². The predicted octanol–water partition coefficient (Wildman–Crippen LogP) is 1.89. The van der Waals surface area contributed by atoms with Crippen LogP contribution in [0, 0.1) is 30.1 Å². The second-order valence-electron chi connectivity index (χ2n) is 3.08. The first-order chi connectivity index (χ1) is 7.63. The normalized spacial score (nSPS) is 8.81. The van der Waals surface area contributed by atoms with Gasteiger partial charge in [-0.15, -0.1) is 0 Å². The van der Waals surface area contributed by atoms with Gasteiger partial charge in [0.1, 0.15) is 11.8 Å². The molecule has 1 rings (SSSR count). The van der Waals surface area contributed by atoms with E-state index in [0.29, 0.717) is 11.4 Å². The molecule has 0 amide bonds. The number of nitriles is 1. The van der Waals surface area contributed by atoms with Gasteiger partial charge in [0.25, 0.3) is 0 Å². The van der Waals surface area contributed by atoms with Crippen molar-refractivity contribution in [2.24, 2.45) is 0 Å². The van der Waals surface area contributed by atoms with E-state index >= 15 is 0 Å². The summed E-state index contributed by atoms with van der Waals surface area (Å²) in [6.07, 6.45) is 1.57. The monoisotopic (exact) mass is 230 g/mol. The van der Waals surface area contributed by atoms with Crippen molar-refractivity contribution in [1.82, 2.24) is 4.98 Å². The van der Waals surface area contributed by atoms with Gasteiger partial charge in [-0.1, -0.05) is 23.6 Å². The van der Waals surface area contributed by atoms with Gasteiger partial charge in [0.15, 0.2) is 5.12 Å². The van der Waals surface area contributed by atoms with E-state index in [0.717, 1.165) is 11.1 Å². The highest BCUT2D eigenvalue weighted by atomic mass is 32.2. The lowest BCUT2D eigenvalue weighted by atomic mass is 10.2. The molecule has 3 nitrogen and oxygen atoms in total. The van der Waals surface area contributed by atoms with E-state index in [1.165, 1.54) is 18.7 Å². The number of nitrogens with zero attached hydrogens (tertiary/aromatic N) is 2. The summed E-state index contributed by atoms with van der Waals surface area (Å²) in [7, 11) is 0. The maximum atomic E-state index is 10.6. The number of aryl methyl sites for hydroxylation is 1. The average Bonchev–Trinajstić information content (AvgIpc) is 2.24. The van der Waals surface area contributed by atoms with Crippen LogP contribution in [-0.2, 0) is 4.79 Å². The number of hydrogen-bond acceptors (Lipinski definition) is 4. The molecule has 0 aliphatic carbocycles. The van der Waals surface area contributed by atoms with Gasteiger partial charge in [-0.05, 0) is 18.6 Å². The number of carbonyl (C=O) groups is 1. The molecule has 1 aromatic rings.